The molecular weight excluding hydrogens is 312 g/mol. The molecule has 6 heteroatoms. The lowest BCUT2D eigenvalue weighted by Crippen LogP contribution is -2.54. The molecule has 3 heterocycles. The molecule has 5 nitrogen and oxygen atoms in total. The maximum atomic E-state index is 11.6. The Morgan fingerprint density at radius 3 is 2.65 bits per heavy atom. The fourth-order valence-corrected chi connectivity index (χ4v) is 4.55. The summed E-state index contributed by atoms with van der Waals surface area (Å²) in [7, 11) is 0. The van der Waals surface area contributed by atoms with Crippen molar-refractivity contribution in [1.82, 2.24) is 10.2 Å². The van der Waals surface area contributed by atoms with Gasteiger partial charge < -0.3 is 15.0 Å². The quantitative estimate of drug-likeness (QED) is 0.903. The zero-order valence-electron chi connectivity index (χ0n) is 13.7. The molecule has 1 spiro atoms. The molecule has 0 aliphatic carbocycles. The largest absolute Gasteiger partial charge is 0.366 e. The van der Waals surface area contributed by atoms with E-state index in [1.807, 2.05) is 11.0 Å². The average Bonchev–Trinajstić information content (AvgIpc) is 3.00. The van der Waals surface area contributed by atoms with Crippen LogP contribution in [0.1, 0.15) is 50.5 Å². The smallest absolute Gasteiger partial charge is 0.219 e. The molecule has 2 aliphatic rings. The first kappa shape index (κ1) is 16.5. The highest BCUT2D eigenvalue weighted by Gasteiger charge is 2.44. The van der Waals surface area contributed by atoms with Crippen LogP contribution in [0.15, 0.2) is 17.5 Å². The van der Waals surface area contributed by atoms with Crippen LogP contribution in [-0.2, 0) is 14.3 Å². The van der Waals surface area contributed by atoms with E-state index in [-0.39, 0.29) is 29.6 Å². The molecule has 1 aromatic heterocycles. The fourth-order valence-electron chi connectivity index (χ4n) is 3.79. The summed E-state index contributed by atoms with van der Waals surface area (Å²) in [5, 5.41) is 5.15. The molecule has 0 radical (unpaired) electrons. The summed E-state index contributed by atoms with van der Waals surface area (Å²) in [4.78, 5) is 26.2. The molecule has 2 atom stereocenters. The van der Waals surface area contributed by atoms with Gasteiger partial charge in [-0.2, -0.15) is 0 Å². The van der Waals surface area contributed by atoms with Gasteiger partial charge in [0, 0.05) is 37.9 Å². The number of thiophene rings is 1. The van der Waals surface area contributed by atoms with Gasteiger partial charge in [0.1, 0.15) is 0 Å². The summed E-state index contributed by atoms with van der Waals surface area (Å²) in [6, 6.07) is 4.28. The molecule has 2 fully saturated rings. The number of carbonyl (C=O) groups excluding carboxylic acids is 2. The predicted octanol–water partition coefficient (Wildman–Crippen LogP) is 2.49. The van der Waals surface area contributed by atoms with Gasteiger partial charge in [-0.15, -0.1) is 11.3 Å². The Bertz CT molecular complexity index is 564. The second-order valence-electron chi connectivity index (χ2n) is 6.65. The zero-order chi connectivity index (χ0) is 16.4. The first-order valence-corrected chi connectivity index (χ1v) is 9.09. The van der Waals surface area contributed by atoms with E-state index in [1.54, 1.807) is 25.2 Å². The summed E-state index contributed by atoms with van der Waals surface area (Å²) in [5.41, 5.74) is -0.230. The Morgan fingerprint density at radius 1 is 1.35 bits per heavy atom. The summed E-state index contributed by atoms with van der Waals surface area (Å²) >= 11 is 1.70. The molecule has 126 valence electrons. The van der Waals surface area contributed by atoms with Gasteiger partial charge in [0.25, 0.3) is 0 Å². The second-order valence-corrected chi connectivity index (χ2v) is 7.63. The first-order valence-electron chi connectivity index (χ1n) is 8.21. The van der Waals surface area contributed by atoms with Crippen molar-refractivity contribution in [1.29, 1.82) is 0 Å². The molecule has 3 rings (SSSR count). The Balaban J connectivity index is 1.76. The van der Waals surface area contributed by atoms with Gasteiger partial charge in [-0.1, -0.05) is 6.07 Å². The van der Waals surface area contributed by atoms with Crippen molar-refractivity contribution in [2.45, 2.75) is 57.3 Å². The number of rotatable bonds is 2. The van der Waals surface area contributed by atoms with Crippen LogP contribution in [0.4, 0.5) is 0 Å². The normalized spacial score (nSPS) is 27.0. The fraction of sp³-hybridized carbons (Fsp3) is 0.647. The number of hydrogen-bond acceptors (Lipinski definition) is 4. The molecule has 2 amide bonds. The van der Waals surface area contributed by atoms with Crippen molar-refractivity contribution in [3.63, 3.8) is 0 Å². The third kappa shape index (κ3) is 3.75. The van der Waals surface area contributed by atoms with E-state index in [0.29, 0.717) is 0 Å². The third-order valence-electron chi connectivity index (χ3n) is 4.90. The minimum absolute atomic E-state index is 0.0122. The Kier molecular flexibility index (Phi) is 4.73. The van der Waals surface area contributed by atoms with Crippen molar-refractivity contribution in [3.05, 3.63) is 22.4 Å². The molecule has 1 N–H and O–H groups in total. The Morgan fingerprint density at radius 2 is 2.09 bits per heavy atom. The molecule has 2 aliphatic heterocycles. The van der Waals surface area contributed by atoms with Crippen LogP contribution in [-0.4, -0.2) is 41.4 Å². The number of nitrogens with zero attached hydrogens (tertiary/aromatic N) is 1. The molecule has 0 aromatic carbocycles. The molecule has 0 bridgehead atoms. The first-order chi connectivity index (χ1) is 11.0. The van der Waals surface area contributed by atoms with Crippen LogP contribution in [0.2, 0.25) is 0 Å². The highest BCUT2D eigenvalue weighted by molar-refractivity contribution is 7.10. The van der Waals surface area contributed by atoms with Gasteiger partial charge in [-0.3, -0.25) is 9.59 Å². The van der Waals surface area contributed by atoms with Crippen molar-refractivity contribution >= 4 is 23.2 Å². The molecule has 2 saturated heterocycles. The highest BCUT2D eigenvalue weighted by atomic mass is 32.1. The standard InChI is InChI=1S/C17H24N2O3S/c1-12(20)18-14-10-15(16-4-3-9-23-16)22-17(11-14)5-7-19(8-6-17)13(2)21/h3-4,9,14-15H,5-8,10-11H2,1-2H3,(H,18,20)/t14-,15-/m1/s1. The van der Waals surface area contributed by atoms with E-state index < -0.39 is 0 Å². The van der Waals surface area contributed by atoms with Crippen LogP contribution in [0.5, 0.6) is 0 Å². The molecule has 1 aromatic rings. The van der Waals surface area contributed by atoms with E-state index in [4.69, 9.17) is 4.74 Å². The van der Waals surface area contributed by atoms with Crippen molar-refractivity contribution in [2.24, 2.45) is 0 Å². The van der Waals surface area contributed by atoms with Crippen molar-refractivity contribution < 1.29 is 14.3 Å². The topological polar surface area (TPSA) is 58.6 Å². The van der Waals surface area contributed by atoms with E-state index in [2.05, 4.69) is 16.8 Å². The van der Waals surface area contributed by atoms with Crippen LogP contribution < -0.4 is 5.32 Å². The SMILES string of the molecule is CC(=O)N[C@@H]1C[C@H](c2cccs2)OC2(CCN(C(C)=O)CC2)C1. The van der Waals surface area contributed by atoms with Gasteiger partial charge >= 0.3 is 0 Å². The monoisotopic (exact) mass is 336 g/mol. The lowest BCUT2D eigenvalue weighted by molar-refractivity contribution is -0.167. The van der Waals surface area contributed by atoms with Crippen LogP contribution in [0.3, 0.4) is 0 Å². The van der Waals surface area contributed by atoms with Gasteiger partial charge in [0.2, 0.25) is 11.8 Å². The minimum Gasteiger partial charge on any atom is -0.366 e. The van der Waals surface area contributed by atoms with Gasteiger partial charge in [-0.25, -0.2) is 0 Å². The van der Waals surface area contributed by atoms with Gasteiger partial charge in [-0.05, 0) is 37.1 Å². The summed E-state index contributed by atoms with van der Waals surface area (Å²) in [6.45, 7) is 4.66. The van der Waals surface area contributed by atoms with Crippen LogP contribution in [0, 0.1) is 0 Å². The molecule has 0 saturated carbocycles. The highest BCUT2D eigenvalue weighted by Crippen LogP contribution is 2.43. The maximum absolute atomic E-state index is 11.6. The molecular formula is C17H24N2O3S. The summed E-state index contributed by atoms with van der Waals surface area (Å²) < 4.78 is 6.52. The second kappa shape index (κ2) is 6.61. The number of hydrogen-bond donors (Lipinski definition) is 1. The number of carbonyl (C=O) groups is 2. The number of likely N-dealkylation sites (tertiary alicyclic amines) is 1. The third-order valence-corrected chi connectivity index (χ3v) is 5.86. The van der Waals surface area contributed by atoms with E-state index in [9.17, 15) is 9.59 Å². The van der Waals surface area contributed by atoms with E-state index in [1.165, 1.54) is 4.88 Å². The van der Waals surface area contributed by atoms with Gasteiger partial charge in [0.15, 0.2) is 0 Å². The number of amides is 2. The number of ether oxygens (including phenoxy) is 1. The molecule has 23 heavy (non-hydrogen) atoms. The van der Waals surface area contributed by atoms with E-state index >= 15 is 0 Å². The number of nitrogens with one attached hydrogen (secondary N) is 1. The van der Waals surface area contributed by atoms with Gasteiger partial charge in [0.05, 0.1) is 11.7 Å². The molecule has 0 unspecified atom stereocenters. The van der Waals surface area contributed by atoms with E-state index in [0.717, 1.165) is 38.8 Å². The van der Waals surface area contributed by atoms with Crippen molar-refractivity contribution in [2.75, 3.05) is 13.1 Å². The lowest BCUT2D eigenvalue weighted by atomic mass is 9.80. The minimum atomic E-state index is -0.230. The average molecular weight is 336 g/mol. The lowest BCUT2D eigenvalue weighted by Gasteiger charge is -2.48. The van der Waals surface area contributed by atoms with Crippen molar-refractivity contribution in [3.8, 4) is 0 Å². The summed E-state index contributed by atoms with van der Waals surface area (Å²) in [6.07, 6.45) is 3.36. The zero-order valence-corrected chi connectivity index (χ0v) is 14.5. The Labute approximate surface area is 141 Å². The number of piperidine rings is 1. The predicted molar refractivity (Wildman–Crippen MR) is 89.2 cm³/mol. The summed E-state index contributed by atoms with van der Waals surface area (Å²) in [5.74, 6) is 0.141. The Hall–Kier alpha value is -1.40. The van der Waals surface area contributed by atoms with Crippen LogP contribution in [0.25, 0.3) is 0 Å². The maximum Gasteiger partial charge on any atom is 0.219 e. The van der Waals surface area contributed by atoms with Crippen LogP contribution >= 0.6 is 11.3 Å².